The zero-order chi connectivity index (χ0) is 15.5. The van der Waals surface area contributed by atoms with Gasteiger partial charge in [0.2, 0.25) is 0 Å². The molecule has 0 aliphatic heterocycles. The lowest BCUT2D eigenvalue weighted by molar-refractivity contribution is 0.259. The molecule has 2 rings (SSSR count). The Balaban J connectivity index is 2.14. The van der Waals surface area contributed by atoms with Crippen molar-refractivity contribution in [1.29, 1.82) is 0 Å². The van der Waals surface area contributed by atoms with Crippen LogP contribution in [0.1, 0.15) is 11.8 Å². The van der Waals surface area contributed by atoms with Gasteiger partial charge in [-0.2, -0.15) is 0 Å². The molecule has 0 unspecified atom stereocenters. The molecule has 0 radical (unpaired) electrons. The molecule has 1 atom stereocenters. The number of sulfonamides is 1. The van der Waals surface area contributed by atoms with Crippen molar-refractivity contribution in [2.24, 2.45) is 0 Å². The van der Waals surface area contributed by atoms with Crippen LogP contribution in [0.25, 0.3) is 0 Å². The van der Waals surface area contributed by atoms with E-state index in [1.165, 1.54) is 7.11 Å². The number of thiophene rings is 1. The molecule has 0 saturated carbocycles. The van der Waals surface area contributed by atoms with E-state index in [1.54, 1.807) is 23.8 Å². The highest BCUT2D eigenvalue weighted by Crippen LogP contribution is 2.29. The predicted octanol–water partition coefficient (Wildman–Crippen LogP) is 1.93. The van der Waals surface area contributed by atoms with Gasteiger partial charge in [0.15, 0.2) is 4.21 Å². The van der Waals surface area contributed by atoms with Crippen molar-refractivity contribution in [3.05, 3.63) is 35.6 Å². The lowest BCUT2D eigenvalue weighted by atomic mass is 10.2. The molecule has 0 aliphatic rings. The molecule has 0 fully saturated rings. The summed E-state index contributed by atoms with van der Waals surface area (Å²) >= 11 is 1.13. The van der Waals surface area contributed by atoms with E-state index in [0.29, 0.717) is 11.5 Å². The van der Waals surface area contributed by atoms with Gasteiger partial charge in [0.1, 0.15) is 11.5 Å². The fourth-order valence-corrected chi connectivity index (χ4v) is 4.26. The van der Waals surface area contributed by atoms with Crippen LogP contribution in [0.2, 0.25) is 0 Å². The summed E-state index contributed by atoms with van der Waals surface area (Å²) in [5, 5.41) is 1.68. The van der Waals surface area contributed by atoms with Crippen LogP contribution in [-0.2, 0) is 10.0 Å². The second kappa shape index (κ2) is 6.61. The molecular formula is C13H18N2O4S2. The van der Waals surface area contributed by atoms with Gasteiger partial charge in [0, 0.05) is 6.54 Å². The fourth-order valence-electron chi connectivity index (χ4n) is 1.90. The predicted molar refractivity (Wildman–Crippen MR) is 81.2 cm³/mol. The summed E-state index contributed by atoms with van der Waals surface area (Å²) in [6, 6.07) is 5.06. The molecule has 1 N–H and O–H groups in total. The topological polar surface area (TPSA) is 71.8 Å². The molecular weight excluding hydrogens is 312 g/mol. The Labute approximate surface area is 128 Å². The number of likely N-dealkylation sites (N-methyl/N-ethyl adjacent to an activating group) is 1. The quantitative estimate of drug-likeness (QED) is 0.840. The smallest absolute Gasteiger partial charge is 0.253 e. The normalized spacial score (nSPS) is 13.5. The second-order valence-corrected chi connectivity index (χ2v) is 7.50. The van der Waals surface area contributed by atoms with Gasteiger partial charge in [-0.05, 0) is 37.7 Å². The van der Waals surface area contributed by atoms with E-state index in [1.807, 2.05) is 25.1 Å². The first-order valence-corrected chi connectivity index (χ1v) is 8.63. The molecule has 0 saturated heterocycles. The summed E-state index contributed by atoms with van der Waals surface area (Å²) in [4.78, 5) is 1.90. The highest BCUT2D eigenvalue weighted by molar-refractivity contribution is 7.91. The van der Waals surface area contributed by atoms with Crippen LogP contribution < -0.4 is 9.46 Å². The fraction of sp³-hybridized carbons (Fsp3) is 0.385. The number of hydrogen-bond donors (Lipinski definition) is 1. The first-order valence-electron chi connectivity index (χ1n) is 6.26. The zero-order valence-electron chi connectivity index (χ0n) is 12.1. The van der Waals surface area contributed by atoms with Crippen molar-refractivity contribution in [2.45, 2.75) is 10.3 Å². The Hall–Kier alpha value is -1.35. The molecule has 0 bridgehead atoms. The van der Waals surface area contributed by atoms with E-state index in [4.69, 9.17) is 9.15 Å². The Morgan fingerprint density at radius 1 is 1.43 bits per heavy atom. The Morgan fingerprint density at radius 2 is 2.19 bits per heavy atom. The first kappa shape index (κ1) is 16.0. The molecule has 2 heterocycles. The highest BCUT2D eigenvalue weighted by Gasteiger charge is 2.24. The largest absolute Gasteiger partial charge is 0.494 e. The minimum absolute atomic E-state index is 0.180. The van der Waals surface area contributed by atoms with E-state index in [9.17, 15) is 8.42 Å². The van der Waals surface area contributed by atoms with Crippen molar-refractivity contribution in [3.8, 4) is 5.75 Å². The van der Waals surface area contributed by atoms with Gasteiger partial charge in [-0.15, -0.1) is 11.3 Å². The monoisotopic (exact) mass is 330 g/mol. The van der Waals surface area contributed by atoms with Crippen LogP contribution in [0, 0.1) is 0 Å². The Morgan fingerprint density at radius 3 is 2.76 bits per heavy atom. The molecule has 2 aromatic rings. The van der Waals surface area contributed by atoms with Crippen molar-refractivity contribution < 1.29 is 17.6 Å². The van der Waals surface area contributed by atoms with Gasteiger partial charge in [-0.3, -0.25) is 4.90 Å². The third kappa shape index (κ3) is 3.65. The average Bonchev–Trinajstić information content (AvgIpc) is 3.09. The van der Waals surface area contributed by atoms with Crippen molar-refractivity contribution in [1.82, 2.24) is 9.62 Å². The Bertz CT molecular complexity index is 662. The van der Waals surface area contributed by atoms with E-state index in [2.05, 4.69) is 4.72 Å². The molecule has 0 aliphatic carbocycles. The van der Waals surface area contributed by atoms with Gasteiger partial charge >= 0.3 is 0 Å². The SMILES string of the molecule is COc1ccsc1S(=O)(=O)NC[C@H](c1ccco1)N(C)C. The van der Waals surface area contributed by atoms with Gasteiger partial charge in [-0.25, -0.2) is 13.1 Å². The van der Waals surface area contributed by atoms with Crippen LogP contribution in [-0.4, -0.2) is 41.1 Å². The summed E-state index contributed by atoms with van der Waals surface area (Å²) in [7, 11) is 1.58. The lowest BCUT2D eigenvalue weighted by Crippen LogP contribution is -2.34. The number of rotatable bonds is 7. The minimum atomic E-state index is -3.60. The third-order valence-electron chi connectivity index (χ3n) is 3.02. The molecule has 0 aromatic carbocycles. The van der Waals surface area contributed by atoms with Gasteiger partial charge in [0.05, 0.1) is 19.4 Å². The average molecular weight is 330 g/mol. The van der Waals surface area contributed by atoms with Gasteiger partial charge < -0.3 is 9.15 Å². The van der Waals surface area contributed by atoms with Crippen LogP contribution >= 0.6 is 11.3 Å². The number of hydrogen-bond acceptors (Lipinski definition) is 6. The molecule has 0 spiro atoms. The summed E-state index contributed by atoms with van der Waals surface area (Å²) in [6.07, 6.45) is 1.57. The maximum Gasteiger partial charge on any atom is 0.253 e. The van der Waals surface area contributed by atoms with E-state index >= 15 is 0 Å². The number of nitrogens with zero attached hydrogens (tertiary/aromatic N) is 1. The summed E-state index contributed by atoms with van der Waals surface area (Å²) < 4.78 is 37.9. The van der Waals surface area contributed by atoms with Crippen molar-refractivity contribution >= 4 is 21.4 Å². The molecule has 116 valence electrons. The number of furan rings is 1. The van der Waals surface area contributed by atoms with Crippen LogP contribution in [0.4, 0.5) is 0 Å². The molecule has 0 amide bonds. The lowest BCUT2D eigenvalue weighted by Gasteiger charge is -2.22. The Kier molecular flexibility index (Phi) is 5.04. The molecule has 21 heavy (non-hydrogen) atoms. The summed E-state index contributed by atoms with van der Waals surface area (Å²) in [6.45, 7) is 0.212. The van der Waals surface area contributed by atoms with E-state index < -0.39 is 10.0 Å². The highest BCUT2D eigenvalue weighted by atomic mass is 32.2. The molecule has 8 heteroatoms. The van der Waals surface area contributed by atoms with Crippen LogP contribution in [0.15, 0.2) is 38.5 Å². The summed E-state index contributed by atoms with van der Waals surface area (Å²) in [5.74, 6) is 1.06. The summed E-state index contributed by atoms with van der Waals surface area (Å²) in [5.41, 5.74) is 0. The minimum Gasteiger partial charge on any atom is -0.494 e. The van der Waals surface area contributed by atoms with Crippen LogP contribution in [0.3, 0.4) is 0 Å². The van der Waals surface area contributed by atoms with Crippen molar-refractivity contribution in [3.63, 3.8) is 0 Å². The maximum atomic E-state index is 12.3. The number of methoxy groups -OCH3 is 1. The first-order chi connectivity index (χ1) is 9.95. The molecule has 6 nitrogen and oxygen atoms in total. The second-order valence-electron chi connectivity index (χ2n) is 4.62. The van der Waals surface area contributed by atoms with Gasteiger partial charge in [-0.1, -0.05) is 0 Å². The van der Waals surface area contributed by atoms with Crippen LogP contribution in [0.5, 0.6) is 5.75 Å². The van der Waals surface area contributed by atoms with E-state index in [-0.39, 0.29) is 16.8 Å². The number of nitrogens with one attached hydrogen (secondary N) is 1. The van der Waals surface area contributed by atoms with Crippen molar-refractivity contribution in [2.75, 3.05) is 27.7 Å². The third-order valence-corrected chi connectivity index (χ3v) is 5.89. The van der Waals surface area contributed by atoms with Gasteiger partial charge in [0.25, 0.3) is 10.0 Å². The zero-order valence-corrected chi connectivity index (χ0v) is 13.7. The number of ether oxygens (including phenoxy) is 1. The van der Waals surface area contributed by atoms with E-state index in [0.717, 1.165) is 11.3 Å². The molecule has 2 aromatic heterocycles. The standard InChI is InChI=1S/C13H18N2O4S2/c1-15(2)10(11-5-4-7-19-11)9-14-21(16,17)13-12(18-3)6-8-20-13/h4-8,10,14H,9H2,1-3H3/t10-/m1/s1. The maximum absolute atomic E-state index is 12.3.